The number of aromatic nitrogens is 2. The van der Waals surface area contributed by atoms with Crippen molar-refractivity contribution in [2.45, 2.75) is 11.8 Å². The van der Waals surface area contributed by atoms with Crippen LogP contribution in [0.1, 0.15) is 0 Å². The lowest BCUT2D eigenvalue weighted by molar-refractivity contribution is -0.217. The predicted octanol–water partition coefficient (Wildman–Crippen LogP) is 2.81. The fourth-order valence-corrected chi connectivity index (χ4v) is 2.77. The second kappa shape index (κ2) is 5.12. The van der Waals surface area contributed by atoms with Crippen LogP contribution in [0.15, 0.2) is 24.8 Å². The third kappa shape index (κ3) is 2.08. The van der Waals surface area contributed by atoms with Crippen molar-refractivity contribution in [3.05, 3.63) is 34.8 Å². The number of carbonyl (C=O) groups excluding carboxylic acids is 2. The minimum absolute atomic E-state index is 0.0302. The van der Waals surface area contributed by atoms with Crippen molar-refractivity contribution in [2.24, 2.45) is 0 Å². The van der Waals surface area contributed by atoms with E-state index in [-0.39, 0.29) is 21.1 Å². The van der Waals surface area contributed by atoms with Gasteiger partial charge in [-0.05, 0) is 18.2 Å². The first-order chi connectivity index (χ1) is 11.1. The molecular formula is C13H7Cl2F3N4O2. The summed E-state index contributed by atoms with van der Waals surface area (Å²) in [6.07, 6.45) is -4.54. The summed E-state index contributed by atoms with van der Waals surface area (Å²) in [5.41, 5.74) is -3.43. The van der Waals surface area contributed by atoms with Crippen LogP contribution in [-0.2, 0) is 15.3 Å². The fraction of sp³-hybridized carbons (Fsp3) is 0.154. The molecule has 0 spiro atoms. The molecule has 2 amide bonds. The summed E-state index contributed by atoms with van der Waals surface area (Å²) in [7, 11) is 0. The van der Waals surface area contributed by atoms with Gasteiger partial charge in [0, 0.05) is 0 Å². The Hall–Kier alpha value is -2.26. The molecule has 0 saturated carbocycles. The topological polar surface area (TPSA) is 76.0 Å². The summed E-state index contributed by atoms with van der Waals surface area (Å²) in [4.78, 5) is 27.6. The van der Waals surface area contributed by atoms with E-state index >= 15 is 0 Å². The van der Waals surface area contributed by atoms with Gasteiger partial charge in [-0.25, -0.2) is 4.98 Å². The standard InChI is InChI=1S/C13H7Cl2F3N4O2/c1-2-9(23)21-12(13(16,17)18)10(24)20-11-19-7-3-5(14)6(15)4-8(7)22(11)12/h2-4H,1H2,(H,21,23)(H,19,20,24). The van der Waals surface area contributed by atoms with E-state index in [0.29, 0.717) is 10.6 Å². The zero-order chi connectivity index (χ0) is 17.9. The molecule has 0 bridgehead atoms. The fourth-order valence-electron chi connectivity index (χ4n) is 2.46. The average molecular weight is 379 g/mol. The van der Waals surface area contributed by atoms with Crippen LogP contribution >= 0.6 is 23.2 Å². The molecule has 0 aliphatic carbocycles. The highest BCUT2D eigenvalue weighted by Gasteiger charge is 2.67. The second-order valence-electron chi connectivity index (χ2n) is 4.88. The third-order valence-electron chi connectivity index (χ3n) is 3.49. The van der Waals surface area contributed by atoms with E-state index in [0.717, 1.165) is 6.07 Å². The van der Waals surface area contributed by atoms with Gasteiger partial charge in [0.2, 0.25) is 11.9 Å². The first-order valence-corrected chi connectivity index (χ1v) is 7.08. The third-order valence-corrected chi connectivity index (χ3v) is 4.21. The van der Waals surface area contributed by atoms with E-state index in [1.54, 1.807) is 5.32 Å². The van der Waals surface area contributed by atoms with Crippen LogP contribution in [0.25, 0.3) is 11.0 Å². The molecule has 1 aliphatic heterocycles. The van der Waals surface area contributed by atoms with E-state index in [1.165, 1.54) is 6.07 Å². The minimum atomic E-state index is -5.17. The second-order valence-corrected chi connectivity index (χ2v) is 5.70. The molecule has 126 valence electrons. The average Bonchev–Trinajstić information content (AvgIpc) is 2.94. The number of nitrogens with zero attached hydrogens (tertiary/aromatic N) is 2. The highest BCUT2D eigenvalue weighted by molar-refractivity contribution is 6.42. The summed E-state index contributed by atoms with van der Waals surface area (Å²) in [5, 5.41) is 3.72. The Balaban J connectivity index is 2.37. The quantitative estimate of drug-likeness (QED) is 0.788. The number of halogens is 5. The van der Waals surface area contributed by atoms with E-state index in [9.17, 15) is 22.8 Å². The molecule has 1 aromatic heterocycles. The Labute approximate surface area is 142 Å². The van der Waals surface area contributed by atoms with Crippen LogP contribution in [0.4, 0.5) is 19.1 Å². The smallest absolute Gasteiger partial charge is 0.314 e. The molecule has 1 aliphatic rings. The summed E-state index contributed by atoms with van der Waals surface area (Å²) < 4.78 is 42.0. The molecule has 1 atom stereocenters. The molecule has 1 aromatic carbocycles. The maximum atomic E-state index is 13.8. The number of nitrogens with one attached hydrogen (secondary N) is 2. The molecule has 11 heteroatoms. The van der Waals surface area contributed by atoms with Crippen molar-refractivity contribution in [1.82, 2.24) is 14.9 Å². The molecule has 2 N–H and O–H groups in total. The van der Waals surface area contributed by atoms with Gasteiger partial charge in [-0.1, -0.05) is 29.8 Å². The SMILES string of the molecule is C=CC(=O)NC1(C(F)(F)F)C(=O)Nc2nc3cc(Cl)c(Cl)cc3n21. The summed E-state index contributed by atoms with van der Waals surface area (Å²) in [6, 6.07) is 2.39. The molecule has 3 rings (SSSR count). The molecule has 0 radical (unpaired) electrons. The van der Waals surface area contributed by atoms with E-state index in [2.05, 4.69) is 11.6 Å². The molecule has 1 unspecified atom stereocenters. The number of benzene rings is 1. The van der Waals surface area contributed by atoms with Gasteiger partial charge >= 0.3 is 6.18 Å². The van der Waals surface area contributed by atoms with Gasteiger partial charge in [-0.2, -0.15) is 13.2 Å². The normalized spacial score (nSPS) is 20.0. The maximum absolute atomic E-state index is 13.8. The van der Waals surface area contributed by atoms with Crippen molar-refractivity contribution in [1.29, 1.82) is 0 Å². The van der Waals surface area contributed by atoms with Crippen molar-refractivity contribution < 1.29 is 22.8 Å². The summed E-state index contributed by atoms with van der Waals surface area (Å²) in [5.74, 6) is -3.08. The van der Waals surface area contributed by atoms with Crippen molar-refractivity contribution in [3.8, 4) is 0 Å². The molecule has 0 saturated heterocycles. The number of anilines is 1. The largest absolute Gasteiger partial charge is 0.440 e. The van der Waals surface area contributed by atoms with Crippen LogP contribution in [0, 0.1) is 0 Å². The van der Waals surface area contributed by atoms with Crippen LogP contribution in [0.5, 0.6) is 0 Å². The van der Waals surface area contributed by atoms with Gasteiger partial charge in [0.1, 0.15) is 0 Å². The lowest BCUT2D eigenvalue weighted by Gasteiger charge is -2.31. The van der Waals surface area contributed by atoms with E-state index in [4.69, 9.17) is 23.2 Å². The van der Waals surface area contributed by atoms with Crippen LogP contribution in [0.3, 0.4) is 0 Å². The number of imidazole rings is 1. The molecule has 24 heavy (non-hydrogen) atoms. The summed E-state index contributed by atoms with van der Waals surface area (Å²) >= 11 is 11.7. The molecule has 2 heterocycles. The Morgan fingerprint density at radius 1 is 1.38 bits per heavy atom. The number of hydrogen-bond acceptors (Lipinski definition) is 3. The van der Waals surface area contributed by atoms with Gasteiger partial charge in [-0.3, -0.25) is 19.5 Å². The Morgan fingerprint density at radius 2 is 2.00 bits per heavy atom. The highest BCUT2D eigenvalue weighted by Crippen LogP contribution is 2.44. The first-order valence-electron chi connectivity index (χ1n) is 6.32. The van der Waals surface area contributed by atoms with Gasteiger partial charge in [0.25, 0.3) is 11.6 Å². The zero-order valence-corrected chi connectivity index (χ0v) is 13.1. The molecule has 6 nitrogen and oxygen atoms in total. The molecule has 0 fully saturated rings. The Morgan fingerprint density at radius 3 is 2.58 bits per heavy atom. The summed E-state index contributed by atoms with van der Waals surface area (Å²) in [6.45, 7) is 3.10. The van der Waals surface area contributed by atoms with E-state index in [1.807, 2.05) is 5.32 Å². The zero-order valence-electron chi connectivity index (χ0n) is 11.5. The molecule has 2 aromatic rings. The van der Waals surface area contributed by atoms with Gasteiger partial charge < -0.3 is 5.32 Å². The minimum Gasteiger partial charge on any atom is -0.314 e. The van der Waals surface area contributed by atoms with Crippen molar-refractivity contribution in [2.75, 3.05) is 5.32 Å². The number of carbonyl (C=O) groups is 2. The van der Waals surface area contributed by atoms with Crippen molar-refractivity contribution >= 4 is 52.0 Å². The highest BCUT2D eigenvalue weighted by atomic mass is 35.5. The number of alkyl halides is 3. The Kier molecular flexibility index (Phi) is 3.54. The van der Waals surface area contributed by atoms with Crippen LogP contribution in [0.2, 0.25) is 10.0 Å². The molecular weight excluding hydrogens is 372 g/mol. The van der Waals surface area contributed by atoms with Crippen LogP contribution in [-0.4, -0.2) is 27.5 Å². The number of rotatable bonds is 2. The lowest BCUT2D eigenvalue weighted by atomic mass is 10.1. The maximum Gasteiger partial charge on any atom is 0.440 e. The lowest BCUT2D eigenvalue weighted by Crippen LogP contribution is -2.63. The number of hydrogen-bond donors (Lipinski definition) is 2. The Bertz CT molecular complexity index is 909. The van der Waals surface area contributed by atoms with Crippen molar-refractivity contribution in [3.63, 3.8) is 0 Å². The predicted molar refractivity (Wildman–Crippen MR) is 80.8 cm³/mol. The van der Waals surface area contributed by atoms with Gasteiger partial charge in [0.05, 0.1) is 21.1 Å². The monoisotopic (exact) mass is 378 g/mol. The van der Waals surface area contributed by atoms with Gasteiger partial charge in [-0.15, -0.1) is 0 Å². The van der Waals surface area contributed by atoms with E-state index < -0.39 is 29.6 Å². The number of fused-ring (bicyclic) bond motifs is 3. The van der Waals surface area contributed by atoms with Gasteiger partial charge in [0.15, 0.2) is 0 Å². The first kappa shape index (κ1) is 16.6. The number of amides is 2. The van der Waals surface area contributed by atoms with Crippen LogP contribution < -0.4 is 10.6 Å².